The maximum absolute atomic E-state index is 12.9. The Morgan fingerprint density at radius 1 is 0.458 bits per heavy atom. The van der Waals surface area contributed by atoms with Gasteiger partial charge in [0.1, 0.15) is 26.3 Å². The number of benzene rings is 6. The summed E-state index contributed by atoms with van der Waals surface area (Å²) in [7, 11) is 0. The van der Waals surface area contributed by atoms with E-state index in [2.05, 4.69) is 9.98 Å². The number of hydrogen-bond donors (Lipinski definition) is 0. The lowest BCUT2D eigenvalue weighted by Gasteiger charge is -2.12. The van der Waals surface area contributed by atoms with Gasteiger partial charge in [-0.1, -0.05) is 146 Å². The highest BCUT2D eigenvalue weighted by molar-refractivity contribution is 6.14. The minimum absolute atomic E-state index is 0.0600. The van der Waals surface area contributed by atoms with Crippen LogP contribution < -0.4 is 0 Å². The van der Waals surface area contributed by atoms with Crippen molar-refractivity contribution in [3.05, 3.63) is 191 Å². The molecule has 0 aromatic heterocycles. The molecule has 0 aliphatic heterocycles. The Balaban J connectivity index is 1.13. The summed E-state index contributed by atoms with van der Waals surface area (Å²) >= 11 is 0. The van der Waals surface area contributed by atoms with Crippen molar-refractivity contribution in [2.24, 2.45) is 9.98 Å². The van der Waals surface area contributed by atoms with Crippen LogP contribution in [0.15, 0.2) is 168 Å². The van der Waals surface area contributed by atoms with E-state index >= 15 is 0 Å². The monoisotopic (exact) mass is 630 g/mol. The van der Waals surface area contributed by atoms with Crippen molar-refractivity contribution in [2.75, 3.05) is 13.1 Å². The smallest absolute Gasteiger partial charge is 0.328 e. The van der Waals surface area contributed by atoms with Gasteiger partial charge in [-0.3, -0.25) is 19.6 Å². The lowest BCUT2D eigenvalue weighted by Crippen LogP contribution is -2.13. The van der Waals surface area contributed by atoms with Crippen LogP contribution in [0.1, 0.15) is 33.4 Å². The minimum Gasteiger partial charge on any atom is -0.459 e. The predicted octanol–water partition coefficient (Wildman–Crippen LogP) is 8.00. The number of hydrogen-bond acceptors (Lipinski definition) is 6. The van der Waals surface area contributed by atoms with Crippen LogP contribution in [0, 0.1) is 0 Å². The van der Waals surface area contributed by atoms with Crippen molar-refractivity contribution in [3.63, 3.8) is 0 Å². The van der Waals surface area contributed by atoms with Crippen molar-refractivity contribution >= 4 is 34.1 Å². The maximum atomic E-state index is 12.9. The second-order valence-corrected chi connectivity index (χ2v) is 11.1. The Morgan fingerprint density at radius 3 is 1.31 bits per heavy atom. The average molecular weight is 631 g/mol. The van der Waals surface area contributed by atoms with E-state index in [-0.39, 0.29) is 26.3 Å². The molecule has 6 rings (SSSR count). The fourth-order valence-corrected chi connectivity index (χ4v) is 5.44. The third kappa shape index (κ3) is 8.36. The van der Waals surface area contributed by atoms with Gasteiger partial charge in [0, 0.05) is 22.3 Å². The van der Waals surface area contributed by atoms with Crippen LogP contribution in [0.3, 0.4) is 0 Å². The molecule has 0 unspecified atom stereocenters. The lowest BCUT2D eigenvalue weighted by molar-refractivity contribution is -0.143. The molecule has 0 spiro atoms. The number of carbonyl (C=O) groups excluding carboxylic acids is 2. The first-order chi connectivity index (χ1) is 23.6. The third-order valence-electron chi connectivity index (χ3n) is 7.72. The summed E-state index contributed by atoms with van der Waals surface area (Å²) in [5.41, 5.74) is 6.75. The van der Waals surface area contributed by atoms with E-state index in [9.17, 15) is 9.59 Å². The summed E-state index contributed by atoms with van der Waals surface area (Å²) in [4.78, 5) is 35.1. The Labute approximate surface area is 280 Å². The van der Waals surface area contributed by atoms with Gasteiger partial charge in [0.25, 0.3) is 0 Å². The van der Waals surface area contributed by atoms with Gasteiger partial charge in [0.15, 0.2) is 0 Å². The van der Waals surface area contributed by atoms with Gasteiger partial charge in [-0.2, -0.15) is 0 Å². The Kier molecular flexibility index (Phi) is 10.6. The molecule has 0 aliphatic rings. The van der Waals surface area contributed by atoms with Crippen LogP contribution in [-0.4, -0.2) is 36.5 Å². The van der Waals surface area contributed by atoms with E-state index < -0.39 is 11.9 Å². The first-order valence-corrected chi connectivity index (χ1v) is 15.8. The summed E-state index contributed by atoms with van der Waals surface area (Å²) in [6, 6.07) is 50.9. The van der Waals surface area contributed by atoms with E-state index in [1.165, 1.54) is 0 Å². The number of nitrogens with zero attached hydrogens (tertiary/aromatic N) is 2. The van der Waals surface area contributed by atoms with Crippen LogP contribution in [0.25, 0.3) is 10.8 Å². The normalized spacial score (nSPS) is 10.6. The van der Waals surface area contributed by atoms with Crippen molar-refractivity contribution < 1.29 is 19.1 Å². The fourth-order valence-electron chi connectivity index (χ4n) is 5.44. The highest BCUT2D eigenvalue weighted by Crippen LogP contribution is 2.23. The molecule has 0 saturated heterocycles. The predicted molar refractivity (Wildman–Crippen MR) is 190 cm³/mol. The topological polar surface area (TPSA) is 77.3 Å². The molecule has 0 atom stereocenters. The highest BCUT2D eigenvalue weighted by Gasteiger charge is 2.13. The second kappa shape index (κ2) is 15.9. The van der Waals surface area contributed by atoms with Gasteiger partial charge in [-0.15, -0.1) is 0 Å². The zero-order valence-electron chi connectivity index (χ0n) is 26.4. The van der Waals surface area contributed by atoms with E-state index in [0.29, 0.717) is 0 Å². The molecule has 0 saturated carbocycles. The molecular weight excluding hydrogens is 596 g/mol. The minimum atomic E-state index is -0.439. The van der Waals surface area contributed by atoms with Crippen LogP contribution >= 0.6 is 0 Å². The van der Waals surface area contributed by atoms with Crippen molar-refractivity contribution in [1.82, 2.24) is 0 Å². The van der Waals surface area contributed by atoms with Gasteiger partial charge in [-0.05, 0) is 34.0 Å². The molecule has 6 aromatic rings. The van der Waals surface area contributed by atoms with Crippen LogP contribution in [0.2, 0.25) is 0 Å². The molecule has 0 bridgehead atoms. The molecule has 0 fully saturated rings. The SMILES string of the molecule is O=C(CN=C(c1ccccc1)c1ccccc1)OCc1cc(COC(=O)CN=C(c2ccccc2)c2ccccc2)c2ccccc2c1. The summed E-state index contributed by atoms with van der Waals surface area (Å²) in [5.74, 6) is -0.878. The maximum Gasteiger partial charge on any atom is 0.328 e. The van der Waals surface area contributed by atoms with E-state index in [0.717, 1.165) is 55.6 Å². The first-order valence-electron chi connectivity index (χ1n) is 15.8. The fraction of sp³-hybridized carbons (Fsp3) is 0.0952. The first kappa shape index (κ1) is 31.8. The molecule has 0 aliphatic carbocycles. The molecule has 236 valence electrons. The lowest BCUT2D eigenvalue weighted by atomic mass is 10.0. The standard InChI is InChI=1S/C42H34N2O4/c45-39(27-43-41(32-15-5-1-6-16-32)33-17-7-2-8-18-33)47-29-31-25-36-23-13-14-24-38(36)37(26-31)30-48-40(46)28-44-42(34-19-9-3-10-20-34)35-21-11-4-12-22-35/h1-26H,27-30H2. The number of fused-ring (bicyclic) bond motifs is 1. The number of esters is 2. The molecule has 0 amide bonds. The zero-order chi connectivity index (χ0) is 33.0. The second-order valence-electron chi connectivity index (χ2n) is 11.1. The quantitative estimate of drug-likeness (QED) is 0.101. The van der Waals surface area contributed by atoms with E-state index in [4.69, 9.17) is 9.47 Å². The number of carbonyl (C=O) groups is 2. The zero-order valence-corrected chi connectivity index (χ0v) is 26.4. The Hall–Kier alpha value is -6.14. The Morgan fingerprint density at radius 2 is 0.854 bits per heavy atom. The van der Waals surface area contributed by atoms with E-state index in [1.54, 1.807) is 0 Å². The number of aliphatic imine (C=N–C) groups is 2. The van der Waals surface area contributed by atoms with Crippen molar-refractivity contribution in [3.8, 4) is 0 Å². The summed E-state index contributed by atoms with van der Waals surface area (Å²) in [6.45, 7) is -0.118. The summed E-state index contributed by atoms with van der Waals surface area (Å²) < 4.78 is 11.4. The van der Waals surface area contributed by atoms with Crippen molar-refractivity contribution in [1.29, 1.82) is 0 Å². The molecule has 6 aromatic carbocycles. The number of ether oxygens (including phenoxy) is 2. The van der Waals surface area contributed by atoms with Crippen LogP contribution in [0.5, 0.6) is 0 Å². The summed E-state index contributed by atoms with van der Waals surface area (Å²) in [6.07, 6.45) is 0. The van der Waals surface area contributed by atoms with Crippen LogP contribution in [0.4, 0.5) is 0 Å². The largest absolute Gasteiger partial charge is 0.459 e. The van der Waals surface area contributed by atoms with E-state index in [1.807, 2.05) is 158 Å². The molecule has 6 heteroatoms. The third-order valence-corrected chi connectivity index (χ3v) is 7.72. The van der Waals surface area contributed by atoms with Gasteiger partial charge >= 0.3 is 11.9 Å². The molecule has 6 nitrogen and oxygen atoms in total. The molecular formula is C42H34N2O4. The molecule has 48 heavy (non-hydrogen) atoms. The Bertz CT molecular complexity index is 1960. The molecule has 0 radical (unpaired) electrons. The van der Waals surface area contributed by atoms with Gasteiger partial charge < -0.3 is 9.47 Å². The molecule has 0 heterocycles. The summed E-state index contributed by atoms with van der Waals surface area (Å²) in [5, 5.41) is 1.91. The van der Waals surface area contributed by atoms with Gasteiger partial charge in [0.05, 0.1) is 11.4 Å². The highest BCUT2D eigenvalue weighted by atomic mass is 16.5. The number of rotatable bonds is 12. The van der Waals surface area contributed by atoms with Gasteiger partial charge in [0.2, 0.25) is 0 Å². The van der Waals surface area contributed by atoms with Gasteiger partial charge in [-0.25, -0.2) is 0 Å². The van der Waals surface area contributed by atoms with Crippen LogP contribution in [-0.2, 0) is 32.3 Å². The van der Waals surface area contributed by atoms with Crippen molar-refractivity contribution in [2.45, 2.75) is 13.2 Å². The average Bonchev–Trinajstić information content (AvgIpc) is 3.15. The molecule has 0 N–H and O–H groups in total.